The Bertz CT molecular complexity index is 744. The minimum absolute atomic E-state index is 0.123. The lowest BCUT2D eigenvalue weighted by Gasteiger charge is -2.22. The van der Waals surface area contributed by atoms with Crippen molar-refractivity contribution >= 4 is 23.5 Å². The predicted molar refractivity (Wildman–Crippen MR) is 104 cm³/mol. The number of nitrogens with one attached hydrogen (secondary N) is 3. The summed E-state index contributed by atoms with van der Waals surface area (Å²) in [6, 6.07) is 3.98. The molecule has 2 amide bonds. The second-order valence-corrected chi connectivity index (χ2v) is 7.28. The molecular formula is C19H26N4O6. The Morgan fingerprint density at radius 1 is 1.28 bits per heavy atom. The summed E-state index contributed by atoms with van der Waals surface area (Å²) >= 11 is 0. The number of carbonyl (C=O) groups is 3. The average molecular weight is 406 g/mol. The number of hydrogen-bond donors (Lipinski definition) is 3. The standard InChI is InChI=1S/C19H26N4O6/c1-12(2)10-16(22-19(26)15-4-3-9-20-15)18(25)21-11-17(24)29-14-7-5-13(6-8-14)23(27)28/h5-8,12,15-16,20H,3-4,9-11H2,1-2H3,(H,21,25)(H,22,26). The Balaban J connectivity index is 1.86. The van der Waals surface area contributed by atoms with Crippen molar-refractivity contribution in [3.8, 4) is 5.75 Å². The van der Waals surface area contributed by atoms with Crippen molar-refractivity contribution in [2.24, 2.45) is 5.92 Å². The first-order valence-electron chi connectivity index (χ1n) is 9.53. The smallest absolute Gasteiger partial charge is 0.330 e. The van der Waals surface area contributed by atoms with Gasteiger partial charge in [-0.3, -0.25) is 19.7 Å². The van der Waals surface area contributed by atoms with Crippen molar-refractivity contribution in [2.75, 3.05) is 13.1 Å². The number of non-ortho nitro benzene ring substituents is 1. The zero-order valence-electron chi connectivity index (χ0n) is 16.5. The number of benzene rings is 1. The molecule has 1 heterocycles. The molecule has 0 radical (unpaired) electrons. The van der Waals surface area contributed by atoms with E-state index >= 15 is 0 Å². The van der Waals surface area contributed by atoms with Crippen LogP contribution in [0, 0.1) is 16.0 Å². The minimum Gasteiger partial charge on any atom is -0.425 e. The van der Waals surface area contributed by atoms with Crippen LogP contribution in [-0.4, -0.2) is 47.9 Å². The van der Waals surface area contributed by atoms with E-state index in [0.717, 1.165) is 19.4 Å². The maximum atomic E-state index is 12.5. The fourth-order valence-corrected chi connectivity index (χ4v) is 2.97. The molecule has 10 heteroatoms. The maximum absolute atomic E-state index is 12.5. The zero-order valence-corrected chi connectivity index (χ0v) is 16.5. The molecular weight excluding hydrogens is 380 g/mol. The molecule has 29 heavy (non-hydrogen) atoms. The van der Waals surface area contributed by atoms with Crippen molar-refractivity contribution in [3.63, 3.8) is 0 Å². The molecule has 0 aromatic heterocycles. The van der Waals surface area contributed by atoms with Gasteiger partial charge in [0.1, 0.15) is 18.3 Å². The summed E-state index contributed by atoms with van der Waals surface area (Å²) in [6.45, 7) is 4.25. The highest BCUT2D eigenvalue weighted by Crippen LogP contribution is 2.17. The monoisotopic (exact) mass is 406 g/mol. The maximum Gasteiger partial charge on any atom is 0.330 e. The molecule has 1 aliphatic rings. The number of esters is 1. The van der Waals surface area contributed by atoms with Gasteiger partial charge in [-0.25, -0.2) is 4.79 Å². The van der Waals surface area contributed by atoms with Crippen LogP contribution in [0.2, 0.25) is 0 Å². The lowest BCUT2D eigenvalue weighted by Crippen LogP contribution is -2.52. The molecule has 2 rings (SSSR count). The van der Waals surface area contributed by atoms with Crippen molar-refractivity contribution < 1.29 is 24.0 Å². The molecule has 2 unspecified atom stereocenters. The normalized spacial score (nSPS) is 16.9. The van der Waals surface area contributed by atoms with Crippen LogP contribution in [0.4, 0.5) is 5.69 Å². The molecule has 2 atom stereocenters. The first kappa shape index (κ1) is 22.3. The van der Waals surface area contributed by atoms with Gasteiger partial charge in [0, 0.05) is 12.1 Å². The molecule has 10 nitrogen and oxygen atoms in total. The van der Waals surface area contributed by atoms with E-state index in [1.165, 1.54) is 24.3 Å². The molecule has 0 spiro atoms. The Morgan fingerprint density at radius 2 is 1.97 bits per heavy atom. The van der Waals surface area contributed by atoms with Crippen LogP contribution < -0.4 is 20.7 Å². The van der Waals surface area contributed by atoms with Gasteiger partial charge in [0.2, 0.25) is 11.8 Å². The van der Waals surface area contributed by atoms with E-state index in [0.29, 0.717) is 6.42 Å². The number of nitro groups is 1. The largest absolute Gasteiger partial charge is 0.425 e. The van der Waals surface area contributed by atoms with Crippen LogP contribution in [0.15, 0.2) is 24.3 Å². The lowest BCUT2D eigenvalue weighted by molar-refractivity contribution is -0.384. The topological polar surface area (TPSA) is 140 Å². The van der Waals surface area contributed by atoms with Crippen LogP contribution in [0.3, 0.4) is 0 Å². The van der Waals surface area contributed by atoms with Crippen LogP contribution in [0.25, 0.3) is 0 Å². The van der Waals surface area contributed by atoms with Crippen molar-refractivity contribution in [1.29, 1.82) is 0 Å². The highest BCUT2D eigenvalue weighted by Gasteiger charge is 2.28. The van der Waals surface area contributed by atoms with Crippen molar-refractivity contribution in [3.05, 3.63) is 34.4 Å². The molecule has 1 aliphatic heterocycles. The SMILES string of the molecule is CC(C)CC(NC(=O)C1CCCN1)C(=O)NCC(=O)Oc1ccc([N+](=O)[O-])cc1. The van der Waals surface area contributed by atoms with Crippen molar-refractivity contribution in [1.82, 2.24) is 16.0 Å². The minimum atomic E-state index is -0.753. The molecule has 158 valence electrons. The van der Waals surface area contributed by atoms with E-state index in [-0.39, 0.29) is 35.8 Å². The van der Waals surface area contributed by atoms with E-state index in [1.54, 1.807) is 0 Å². The molecule has 0 aliphatic carbocycles. The number of nitro benzene ring substituents is 1. The Labute approximate surface area is 168 Å². The fourth-order valence-electron chi connectivity index (χ4n) is 2.97. The van der Waals surface area contributed by atoms with Crippen LogP contribution in [-0.2, 0) is 14.4 Å². The fraction of sp³-hybridized carbons (Fsp3) is 0.526. The molecule has 1 aromatic rings. The van der Waals surface area contributed by atoms with Gasteiger partial charge < -0.3 is 20.7 Å². The van der Waals surface area contributed by atoms with Crippen LogP contribution in [0.1, 0.15) is 33.1 Å². The Kier molecular flexibility index (Phi) is 8.08. The number of ether oxygens (including phenoxy) is 1. The number of rotatable bonds is 9. The summed E-state index contributed by atoms with van der Waals surface area (Å²) in [5, 5.41) is 18.9. The highest BCUT2D eigenvalue weighted by molar-refractivity contribution is 5.91. The van der Waals surface area contributed by atoms with Crippen molar-refractivity contribution in [2.45, 2.75) is 45.2 Å². The summed E-state index contributed by atoms with van der Waals surface area (Å²) in [6.07, 6.45) is 2.07. The van der Waals surface area contributed by atoms with Gasteiger partial charge >= 0.3 is 5.97 Å². The number of carbonyl (C=O) groups excluding carboxylic acids is 3. The first-order chi connectivity index (χ1) is 13.8. The van der Waals surface area contributed by atoms with Gasteiger partial charge in [0.05, 0.1) is 11.0 Å². The average Bonchev–Trinajstić information content (AvgIpc) is 3.20. The number of hydrogen-bond acceptors (Lipinski definition) is 7. The van der Waals surface area contributed by atoms with E-state index in [1.807, 2.05) is 13.8 Å². The van der Waals surface area contributed by atoms with E-state index in [2.05, 4.69) is 16.0 Å². The number of nitrogens with zero attached hydrogens (tertiary/aromatic N) is 1. The van der Waals surface area contributed by atoms with Gasteiger partial charge in [-0.15, -0.1) is 0 Å². The van der Waals surface area contributed by atoms with Gasteiger partial charge in [0.25, 0.3) is 5.69 Å². The van der Waals surface area contributed by atoms with Gasteiger partial charge in [-0.2, -0.15) is 0 Å². The Morgan fingerprint density at radius 3 is 2.52 bits per heavy atom. The summed E-state index contributed by atoms with van der Waals surface area (Å²) in [5.74, 6) is -1.12. The lowest BCUT2D eigenvalue weighted by atomic mass is 10.0. The summed E-state index contributed by atoms with van der Waals surface area (Å²) < 4.78 is 5.05. The second-order valence-electron chi connectivity index (χ2n) is 7.28. The molecule has 1 aromatic carbocycles. The van der Waals surface area contributed by atoms with E-state index in [4.69, 9.17) is 4.74 Å². The van der Waals surface area contributed by atoms with E-state index < -0.39 is 22.8 Å². The third-order valence-electron chi connectivity index (χ3n) is 4.40. The van der Waals surface area contributed by atoms with E-state index in [9.17, 15) is 24.5 Å². The number of amides is 2. The summed E-state index contributed by atoms with van der Waals surface area (Å²) in [4.78, 5) is 46.8. The molecule has 1 saturated heterocycles. The molecule has 1 fully saturated rings. The highest BCUT2D eigenvalue weighted by atomic mass is 16.6. The quantitative estimate of drug-likeness (QED) is 0.239. The van der Waals surface area contributed by atoms with Gasteiger partial charge in [0.15, 0.2) is 0 Å². The zero-order chi connectivity index (χ0) is 21.4. The molecule has 0 bridgehead atoms. The Hall–Kier alpha value is -3.01. The third-order valence-corrected chi connectivity index (χ3v) is 4.40. The molecule has 0 saturated carbocycles. The van der Waals surface area contributed by atoms with Crippen LogP contribution in [0.5, 0.6) is 5.75 Å². The third kappa shape index (κ3) is 7.15. The predicted octanol–water partition coefficient (Wildman–Crippen LogP) is 0.899. The van der Waals surface area contributed by atoms with Gasteiger partial charge in [-0.05, 0) is 43.9 Å². The second kappa shape index (κ2) is 10.5. The van der Waals surface area contributed by atoms with Gasteiger partial charge in [-0.1, -0.05) is 13.8 Å². The molecule has 3 N–H and O–H groups in total. The first-order valence-corrected chi connectivity index (χ1v) is 9.53. The van der Waals surface area contributed by atoms with Crippen LogP contribution >= 0.6 is 0 Å². The summed E-state index contributed by atoms with van der Waals surface area (Å²) in [7, 11) is 0. The summed E-state index contributed by atoms with van der Waals surface area (Å²) in [5.41, 5.74) is -0.123.